The number of rotatable bonds is 13. The molecule has 0 aromatic heterocycles. The van der Waals surface area contributed by atoms with Crippen molar-refractivity contribution in [1.29, 1.82) is 0 Å². The van der Waals surface area contributed by atoms with Gasteiger partial charge < -0.3 is 26.2 Å². The number of fused-ring (bicyclic) bond motifs is 1. The van der Waals surface area contributed by atoms with Gasteiger partial charge in [0.2, 0.25) is 17.6 Å². The zero-order valence-corrected chi connectivity index (χ0v) is 32.4. The van der Waals surface area contributed by atoms with Gasteiger partial charge >= 0.3 is 6.03 Å². The van der Waals surface area contributed by atoms with Crippen molar-refractivity contribution < 1.29 is 32.4 Å². The Hall–Kier alpha value is -2.70. The van der Waals surface area contributed by atoms with Crippen LogP contribution in [0.15, 0.2) is 0 Å². The first-order valence-electron chi connectivity index (χ1n) is 19.5. The van der Waals surface area contributed by atoms with Gasteiger partial charge in [-0.2, -0.15) is 0 Å². The molecule has 51 heavy (non-hydrogen) atoms. The van der Waals surface area contributed by atoms with Crippen molar-refractivity contribution >= 4 is 39.4 Å². The van der Waals surface area contributed by atoms with Crippen molar-refractivity contribution in [2.45, 2.75) is 166 Å². The lowest BCUT2D eigenvalue weighted by Crippen LogP contribution is -2.64. The third kappa shape index (κ3) is 7.98. The molecule has 0 bridgehead atoms. The zero-order chi connectivity index (χ0) is 37.1. The van der Waals surface area contributed by atoms with Crippen molar-refractivity contribution in [3.63, 3.8) is 0 Å². The van der Waals surface area contributed by atoms with E-state index in [1.165, 1.54) is 0 Å². The van der Waals surface area contributed by atoms with E-state index in [1.54, 1.807) is 25.7 Å². The molecule has 1 saturated heterocycles. The summed E-state index contributed by atoms with van der Waals surface area (Å²) in [5, 5.41) is 11.8. The highest BCUT2D eigenvalue weighted by Crippen LogP contribution is 2.65. The second kappa shape index (κ2) is 13.6. The van der Waals surface area contributed by atoms with Crippen LogP contribution in [0.1, 0.15) is 131 Å². The lowest BCUT2D eigenvalue weighted by Gasteiger charge is -2.42. The largest absolute Gasteiger partial charge is 0.347 e. The molecular formula is C38H61N5O7S. The van der Waals surface area contributed by atoms with Gasteiger partial charge in [0.05, 0.1) is 22.1 Å². The SMILES string of the molecule is CC1([C@H](NC(=O)NC2(CS(=O)(=O)C(C)(C)C)CCCCC2)C(=O)N2C[C@H]3[C@@H]([C@H]2C(=O)NC(CC2CC2)C(=O)C(=O)NC2CC2)C3(C)C)CCCC1. The van der Waals surface area contributed by atoms with Crippen LogP contribution in [0.5, 0.6) is 0 Å². The van der Waals surface area contributed by atoms with Crippen molar-refractivity contribution in [2.24, 2.45) is 28.6 Å². The van der Waals surface area contributed by atoms with Crippen LogP contribution in [0.25, 0.3) is 0 Å². The monoisotopic (exact) mass is 731 g/mol. The van der Waals surface area contributed by atoms with Gasteiger partial charge in [0.1, 0.15) is 12.1 Å². The molecule has 5 saturated carbocycles. The summed E-state index contributed by atoms with van der Waals surface area (Å²) in [6.07, 6.45) is 10.9. The van der Waals surface area contributed by atoms with E-state index in [0.29, 0.717) is 25.8 Å². The average molecular weight is 732 g/mol. The number of nitrogens with one attached hydrogen (secondary N) is 4. The van der Waals surface area contributed by atoms with Crippen LogP contribution in [-0.4, -0.2) is 89.6 Å². The highest BCUT2D eigenvalue weighted by atomic mass is 32.2. The molecule has 12 nitrogen and oxygen atoms in total. The van der Waals surface area contributed by atoms with E-state index >= 15 is 0 Å². The molecule has 5 amide bonds. The Labute approximate surface area is 304 Å². The lowest BCUT2D eigenvalue weighted by molar-refractivity contribution is -0.145. The number of hydrogen-bond donors (Lipinski definition) is 4. The van der Waals surface area contributed by atoms with Gasteiger partial charge in [-0.1, -0.05) is 65.7 Å². The molecule has 4 N–H and O–H groups in total. The fourth-order valence-electron chi connectivity index (χ4n) is 9.32. The molecule has 0 spiro atoms. The molecule has 5 atom stereocenters. The Balaban J connectivity index is 1.22. The second-order valence-electron chi connectivity index (χ2n) is 18.8. The number of Topliss-reactive ketones (excluding diaryl/α,β-unsaturated/α-hetero) is 1. The third-order valence-corrected chi connectivity index (χ3v) is 16.1. The topological polar surface area (TPSA) is 171 Å². The predicted molar refractivity (Wildman–Crippen MR) is 193 cm³/mol. The van der Waals surface area contributed by atoms with Crippen LogP contribution in [0.3, 0.4) is 0 Å². The van der Waals surface area contributed by atoms with E-state index in [1.807, 2.05) is 6.92 Å². The smallest absolute Gasteiger partial charge is 0.315 e. The maximum Gasteiger partial charge on any atom is 0.315 e. The van der Waals surface area contributed by atoms with Gasteiger partial charge in [-0.05, 0) is 94.3 Å². The second-order valence-corrected chi connectivity index (χ2v) is 21.6. The van der Waals surface area contributed by atoms with Crippen molar-refractivity contribution in [1.82, 2.24) is 26.2 Å². The van der Waals surface area contributed by atoms with Crippen LogP contribution in [0, 0.1) is 28.6 Å². The molecule has 0 aromatic carbocycles. The summed E-state index contributed by atoms with van der Waals surface area (Å²) < 4.78 is 25.8. The molecule has 6 fully saturated rings. The predicted octanol–water partition coefficient (Wildman–Crippen LogP) is 3.77. The highest BCUT2D eigenvalue weighted by molar-refractivity contribution is 7.92. The molecular weight excluding hydrogens is 671 g/mol. The molecule has 6 aliphatic rings. The van der Waals surface area contributed by atoms with Gasteiger partial charge in [0.25, 0.3) is 5.91 Å². The minimum absolute atomic E-state index is 0.0177. The maximum atomic E-state index is 14.8. The van der Waals surface area contributed by atoms with Gasteiger partial charge in [-0.25, -0.2) is 13.2 Å². The van der Waals surface area contributed by atoms with Gasteiger partial charge in [-0.3, -0.25) is 19.2 Å². The molecule has 286 valence electrons. The summed E-state index contributed by atoms with van der Waals surface area (Å²) in [5.74, 6) is -1.96. The average Bonchev–Trinajstić information content (AvgIpc) is 4.00. The molecule has 0 radical (unpaired) electrons. The number of likely N-dealkylation sites (tertiary alicyclic amines) is 1. The Morgan fingerprint density at radius 1 is 0.843 bits per heavy atom. The number of hydrogen-bond acceptors (Lipinski definition) is 7. The van der Waals surface area contributed by atoms with Gasteiger partial charge in [0, 0.05) is 12.6 Å². The van der Waals surface area contributed by atoms with Gasteiger partial charge in [0.15, 0.2) is 9.84 Å². The number of sulfone groups is 1. The third-order valence-electron chi connectivity index (χ3n) is 13.3. The van der Waals surface area contributed by atoms with E-state index < -0.39 is 67.3 Å². The minimum atomic E-state index is -3.56. The number of carbonyl (C=O) groups is 5. The van der Waals surface area contributed by atoms with Crippen LogP contribution >= 0.6 is 0 Å². The van der Waals surface area contributed by atoms with Crippen molar-refractivity contribution in [3.05, 3.63) is 0 Å². The molecule has 6 rings (SSSR count). The van der Waals surface area contributed by atoms with E-state index in [2.05, 4.69) is 35.1 Å². The Morgan fingerprint density at radius 2 is 1.45 bits per heavy atom. The molecule has 1 aliphatic heterocycles. The maximum absolute atomic E-state index is 14.8. The fourth-order valence-corrected chi connectivity index (χ4v) is 10.8. The number of carbonyl (C=O) groups excluding carboxylic acids is 5. The van der Waals surface area contributed by atoms with Crippen molar-refractivity contribution in [3.8, 4) is 0 Å². The zero-order valence-electron chi connectivity index (χ0n) is 31.6. The Bertz CT molecular complexity index is 1520. The normalized spacial score (nSPS) is 28.9. The number of piperidine rings is 1. The highest BCUT2D eigenvalue weighted by Gasteiger charge is 2.70. The summed E-state index contributed by atoms with van der Waals surface area (Å²) in [6, 6.07) is -3.26. The van der Waals surface area contributed by atoms with Crippen LogP contribution in [0.2, 0.25) is 0 Å². The van der Waals surface area contributed by atoms with Crippen LogP contribution < -0.4 is 21.3 Å². The summed E-state index contributed by atoms with van der Waals surface area (Å²) in [7, 11) is -3.56. The summed E-state index contributed by atoms with van der Waals surface area (Å²) in [6.45, 7) is 11.6. The summed E-state index contributed by atoms with van der Waals surface area (Å²) in [4.78, 5) is 70.8. The van der Waals surface area contributed by atoms with E-state index in [-0.39, 0.29) is 40.9 Å². The molecule has 5 aliphatic carbocycles. The quantitative estimate of drug-likeness (QED) is 0.209. The molecule has 13 heteroatoms. The Kier molecular flexibility index (Phi) is 10.2. The summed E-state index contributed by atoms with van der Waals surface area (Å²) >= 11 is 0. The number of urea groups is 1. The molecule has 1 unspecified atom stereocenters. The van der Waals surface area contributed by atoms with E-state index in [9.17, 15) is 32.4 Å². The lowest BCUT2D eigenvalue weighted by atomic mass is 9.79. The first-order chi connectivity index (χ1) is 23.8. The Morgan fingerprint density at radius 3 is 2.02 bits per heavy atom. The fraction of sp³-hybridized carbons (Fsp3) is 0.868. The first-order valence-corrected chi connectivity index (χ1v) is 21.2. The number of ketones is 1. The minimum Gasteiger partial charge on any atom is -0.347 e. The van der Waals surface area contributed by atoms with Gasteiger partial charge in [-0.15, -0.1) is 0 Å². The molecule has 1 heterocycles. The number of nitrogens with zero attached hydrogens (tertiary/aromatic N) is 1. The standard InChI is InChI=1S/C38H61N5O7S/c1-35(2,3)51(49,50)22-38(18-8-7-9-19-38)42-34(48)41-30(37(6)16-10-11-17-37)33(47)43-21-25-27(36(25,4)5)28(43)31(45)40-26(20-23-12-13-23)29(44)32(46)39-24-14-15-24/h23-28,30H,7-22H2,1-6H3,(H,39,46)(H,40,45)(H2,41,42,48)/t25-,26?,27-,28-,30+/m0/s1. The number of amides is 5. The molecule has 0 aromatic rings. The van der Waals surface area contributed by atoms with Crippen LogP contribution in [0.4, 0.5) is 4.79 Å². The first kappa shape index (κ1) is 38.0. The van der Waals surface area contributed by atoms with Crippen molar-refractivity contribution in [2.75, 3.05) is 12.3 Å². The van der Waals surface area contributed by atoms with E-state index in [4.69, 9.17) is 0 Å². The van der Waals surface area contributed by atoms with Crippen LogP contribution in [-0.2, 0) is 29.0 Å². The summed E-state index contributed by atoms with van der Waals surface area (Å²) in [5.41, 5.74) is -1.67. The van der Waals surface area contributed by atoms with E-state index in [0.717, 1.165) is 70.6 Å².